The topological polar surface area (TPSA) is 36.9 Å². The number of ether oxygens (including phenoxy) is 1. The van der Waals surface area contributed by atoms with Gasteiger partial charge in [0.25, 0.3) is 0 Å². The monoisotopic (exact) mass is 423 g/mol. The summed E-state index contributed by atoms with van der Waals surface area (Å²) in [6, 6.07) is 4.35. The van der Waals surface area contributed by atoms with Crippen LogP contribution in [-0.2, 0) is 11.3 Å². The van der Waals surface area contributed by atoms with Gasteiger partial charge < -0.3 is 15.0 Å². The second kappa shape index (κ2) is 9.63. The highest BCUT2D eigenvalue weighted by Crippen LogP contribution is 2.16. The number of aryl methyl sites for hydroxylation is 1. The van der Waals surface area contributed by atoms with Crippen LogP contribution in [0.3, 0.4) is 0 Å². The van der Waals surface area contributed by atoms with Crippen LogP contribution in [0.2, 0.25) is 0 Å². The summed E-state index contributed by atoms with van der Waals surface area (Å²) in [5, 5.41) is 3.46. The van der Waals surface area contributed by atoms with Gasteiger partial charge in [0.15, 0.2) is 5.96 Å². The van der Waals surface area contributed by atoms with Crippen molar-refractivity contribution in [3.63, 3.8) is 0 Å². The van der Waals surface area contributed by atoms with Crippen LogP contribution in [0.4, 0.5) is 0 Å². The molecule has 0 unspecified atom stereocenters. The average Bonchev–Trinajstić information content (AvgIpc) is 2.87. The lowest BCUT2D eigenvalue weighted by Crippen LogP contribution is -2.46. The molecule has 0 radical (unpaired) electrons. The second-order valence-electron chi connectivity index (χ2n) is 5.05. The molecule has 6 heteroatoms. The molecular weight excluding hydrogens is 397 g/mol. The van der Waals surface area contributed by atoms with E-state index in [1.807, 2.05) is 18.4 Å². The zero-order valence-electron chi connectivity index (χ0n) is 13.1. The number of rotatable bonds is 4. The molecule has 1 N–H and O–H groups in total. The van der Waals surface area contributed by atoms with E-state index in [-0.39, 0.29) is 24.0 Å². The maximum absolute atomic E-state index is 5.69. The SMILES string of the molecule is CCOC1CCN(C(=NC)NCc2ccc(C)s2)CC1.I. The predicted molar refractivity (Wildman–Crippen MR) is 101 cm³/mol. The van der Waals surface area contributed by atoms with E-state index in [2.05, 4.69) is 41.2 Å². The fraction of sp³-hybridized carbons (Fsp3) is 0.667. The van der Waals surface area contributed by atoms with Crippen LogP contribution in [-0.4, -0.2) is 43.7 Å². The molecule has 0 saturated carbocycles. The minimum Gasteiger partial charge on any atom is -0.378 e. The Bertz CT molecular complexity index is 442. The van der Waals surface area contributed by atoms with Crippen molar-refractivity contribution in [2.24, 2.45) is 4.99 Å². The maximum Gasteiger partial charge on any atom is 0.193 e. The summed E-state index contributed by atoms with van der Waals surface area (Å²) in [6.07, 6.45) is 2.61. The van der Waals surface area contributed by atoms with E-state index in [0.29, 0.717) is 6.10 Å². The van der Waals surface area contributed by atoms with Crippen molar-refractivity contribution < 1.29 is 4.74 Å². The molecule has 1 aliphatic rings. The molecule has 4 nitrogen and oxygen atoms in total. The highest BCUT2D eigenvalue weighted by Gasteiger charge is 2.21. The van der Waals surface area contributed by atoms with E-state index in [4.69, 9.17) is 4.74 Å². The van der Waals surface area contributed by atoms with E-state index >= 15 is 0 Å². The Kier molecular flexibility index (Phi) is 8.58. The molecule has 1 aromatic rings. The van der Waals surface area contributed by atoms with Gasteiger partial charge >= 0.3 is 0 Å². The third-order valence-corrected chi connectivity index (χ3v) is 4.57. The average molecular weight is 423 g/mol. The summed E-state index contributed by atoms with van der Waals surface area (Å²) in [5.41, 5.74) is 0. The van der Waals surface area contributed by atoms with E-state index < -0.39 is 0 Å². The largest absolute Gasteiger partial charge is 0.378 e. The van der Waals surface area contributed by atoms with Crippen LogP contribution in [0.1, 0.15) is 29.5 Å². The first kappa shape index (κ1) is 18.7. The molecule has 1 aliphatic heterocycles. The van der Waals surface area contributed by atoms with E-state index in [0.717, 1.165) is 45.0 Å². The van der Waals surface area contributed by atoms with E-state index in [9.17, 15) is 0 Å². The Balaban J connectivity index is 0.00000220. The molecule has 0 spiro atoms. The Morgan fingerprint density at radius 1 is 1.43 bits per heavy atom. The van der Waals surface area contributed by atoms with Crippen LogP contribution >= 0.6 is 35.3 Å². The Morgan fingerprint density at radius 2 is 2.14 bits per heavy atom. The molecule has 0 atom stereocenters. The highest BCUT2D eigenvalue weighted by molar-refractivity contribution is 14.0. The van der Waals surface area contributed by atoms with E-state index in [1.165, 1.54) is 9.75 Å². The number of nitrogens with zero attached hydrogens (tertiary/aromatic N) is 2. The van der Waals surface area contributed by atoms with Crippen LogP contribution < -0.4 is 5.32 Å². The van der Waals surface area contributed by atoms with Gasteiger partial charge in [-0.05, 0) is 38.8 Å². The van der Waals surface area contributed by atoms with E-state index in [1.54, 1.807) is 0 Å². The molecule has 1 aromatic heterocycles. The van der Waals surface area contributed by atoms with Crippen molar-refractivity contribution in [3.05, 3.63) is 21.9 Å². The number of halogens is 1. The third-order valence-electron chi connectivity index (χ3n) is 3.57. The standard InChI is InChI=1S/C15H25N3OS.HI/c1-4-19-13-7-9-18(10-8-13)15(16-3)17-11-14-6-5-12(2)20-14;/h5-6,13H,4,7-11H2,1-3H3,(H,16,17);1H. The van der Waals surface area contributed by atoms with Gasteiger partial charge in [-0.15, -0.1) is 35.3 Å². The quantitative estimate of drug-likeness (QED) is 0.459. The zero-order valence-corrected chi connectivity index (χ0v) is 16.2. The summed E-state index contributed by atoms with van der Waals surface area (Å²) < 4.78 is 5.69. The van der Waals surface area contributed by atoms with Crippen LogP contribution in [0.15, 0.2) is 17.1 Å². The normalized spacial score (nSPS) is 16.7. The zero-order chi connectivity index (χ0) is 14.4. The Hall–Kier alpha value is -0.340. The molecule has 2 rings (SSSR count). The van der Waals surface area contributed by atoms with Gasteiger partial charge in [-0.25, -0.2) is 0 Å². The first-order valence-electron chi connectivity index (χ1n) is 7.35. The van der Waals surface area contributed by atoms with Crippen molar-refractivity contribution in [3.8, 4) is 0 Å². The molecule has 120 valence electrons. The van der Waals surface area contributed by atoms with Crippen molar-refractivity contribution in [2.45, 2.75) is 39.3 Å². The number of guanidine groups is 1. The molecular formula is C15H26IN3OS. The molecule has 21 heavy (non-hydrogen) atoms. The lowest BCUT2D eigenvalue weighted by Gasteiger charge is -2.34. The van der Waals surface area contributed by atoms with Crippen molar-refractivity contribution in [1.29, 1.82) is 0 Å². The highest BCUT2D eigenvalue weighted by atomic mass is 127. The lowest BCUT2D eigenvalue weighted by atomic mass is 10.1. The number of thiophene rings is 1. The fourth-order valence-electron chi connectivity index (χ4n) is 2.55. The molecule has 0 amide bonds. The minimum atomic E-state index is 0. The summed E-state index contributed by atoms with van der Waals surface area (Å²) >= 11 is 1.84. The summed E-state index contributed by atoms with van der Waals surface area (Å²) in [4.78, 5) is 9.44. The van der Waals surface area contributed by atoms with Gasteiger partial charge in [0.2, 0.25) is 0 Å². The van der Waals surface area contributed by atoms with Gasteiger partial charge in [0.1, 0.15) is 0 Å². The van der Waals surface area contributed by atoms with Crippen molar-refractivity contribution in [1.82, 2.24) is 10.2 Å². The number of likely N-dealkylation sites (tertiary alicyclic amines) is 1. The smallest absolute Gasteiger partial charge is 0.193 e. The molecule has 0 bridgehead atoms. The second-order valence-corrected chi connectivity index (χ2v) is 6.43. The lowest BCUT2D eigenvalue weighted by molar-refractivity contribution is 0.0263. The summed E-state index contributed by atoms with van der Waals surface area (Å²) in [7, 11) is 1.86. The molecule has 2 heterocycles. The van der Waals surface area contributed by atoms with Crippen molar-refractivity contribution in [2.75, 3.05) is 26.7 Å². The number of nitrogens with one attached hydrogen (secondary N) is 1. The van der Waals surface area contributed by atoms with Gasteiger partial charge in [-0.1, -0.05) is 0 Å². The summed E-state index contributed by atoms with van der Waals surface area (Å²) in [5.74, 6) is 1.01. The van der Waals surface area contributed by atoms with Crippen LogP contribution in [0, 0.1) is 6.92 Å². The maximum atomic E-state index is 5.69. The number of aliphatic imine (C=N–C) groups is 1. The van der Waals surface area contributed by atoms with Gasteiger partial charge in [0.05, 0.1) is 12.6 Å². The van der Waals surface area contributed by atoms with Crippen molar-refractivity contribution >= 4 is 41.3 Å². The fourth-order valence-corrected chi connectivity index (χ4v) is 3.38. The first-order chi connectivity index (χ1) is 9.72. The van der Waals surface area contributed by atoms with Gasteiger partial charge in [-0.2, -0.15) is 0 Å². The molecule has 0 aromatic carbocycles. The first-order valence-corrected chi connectivity index (χ1v) is 8.17. The molecule has 1 saturated heterocycles. The third kappa shape index (κ3) is 5.75. The minimum absolute atomic E-state index is 0. The molecule has 0 aliphatic carbocycles. The Morgan fingerprint density at radius 3 is 2.67 bits per heavy atom. The number of hydrogen-bond acceptors (Lipinski definition) is 3. The number of piperidine rings is 1. The van der Waals surface area contributed by atoms with Gasteiger partial charge in [0, 0.05) is 36.5 Å². The van der Waals surface area contributed by atoms with Crippen LogP contribution in [0.25, 0.3) is 0 Å². The molecule has 1 fully saturated rings. The number of hydrogen-bond donors (Lipinski definition) is 1. The van der Waals surface area contributed by atoms with Gasteiger partial charge in [-0.3, -0.25) is 4.99 Å². The Labute approximate surface area is 149 Å². The summed E-state index contributed by atoms with van der Waals surface area (Å²) in [6.45, 7) is 7.92. The predicted octanol–water partition coefficient (Wildman–Crippen LogP) is 3.25. The van der Waals surface area contributed by atoms with Crippen LogP contribution in [0.5, 0.6) is 0 Å².